The standard InChI is InChI=1S/C12H22N4OS/c1-5-6-7-8-9-15-16-11(18-9)13-10(17)14-12(2,3)4/h5-8H2,1-4H3,(H2,13,14,16,17). The second-order valence-corrected chi connectivity index (χ2v) is 6.35. The molecule has 2 amide bonds. The number of aryl methyl sites for hydroxylation is 1. The second-order valence-electron chi connectivity index (χ2n) is 5.29. The summed E-state index contributed by atoms with van der Waals surface area (Å²) in [5.74, 6) is 0. The maximum atomic E-state index is 11.6. The third-order valence-electron chi connectivity index (χ3n) is 2.17. The molecule has 5 nitrogen and oxygen atoms in total. The van der Waals surface area contributed by atoms with Crippen LogP contribution in [0, 0.1) is 0 Å². The quantitative estimate of drug-likeness (QED) is 0.807. The van der Waals surface area contributed by atoms with Crippen molar-refractivity contribution in [3.8, 4) is 0 Å². The molecule has 0 aliphatic rings. The van der Waals surface area contributed by atoms with Crippen LogP contribution in [0.1, 0.15) is 52.0 Å². The van der Waals surface area contributed by atoms with E-state index in [4.69, 9.17) is 0 Å². The lowest BCUT2D eigenvalue weighted by Crippen LogP contribution is -2.43. The van der Waals surface area contributed by atoms with Gasteiger partial charge in [-0.15, -0.1) is 10.2 Å². The van der Waals surface area contributed by atoms with Gasteiger partial charge < -0.3 is 5.32 Å². The van der Waals surface area contributed by atoms with E-state index < -0.39 is 0 Å². The highest BCUT2D eigenvalue weighted by molar-refractivity contribution is 7.15. The van der Waals surface area contributed by atoms with E-state index in [9.17, 15) is 4.79 Å². The smallest absolute Gasteiger partial charge is 0.321 e. The number of unbranched alkanes of at least 4 members (excludes halogenated alkanes) is 2. The first-order chi connectivity index (χ1) is 8.40. The van der Waals surface area contributed by atoms with Crippen molar-refractivity contribution < 1.29 is 4.79 Å². The molecule has 0 aliphatic heterocycles. The molecule has 1 aromatic heterocycles. The molecule has 0 spiro atoms. The van der Waals surface area contributed by atoms with E-state index in [2.05, 4.69) is 27.8 Å². The predicted molar refractivity (Wildman–Crippen MR) is 75.0 cm³/mol. The fourth-order valence-electron chi connectivity index (χ4n) is 1.40. The molecular weight excluding hydrogens is 248 g/mol. The third-order valence-corrected chi connectivity index (χ3v) is 3.07. The minimum Gasteiger partial charge on any atom is -0.333 e. The number of amides is 2. The molecule has 0 fully saturated rings. The number of aromatic nitrogens is 2. The number of hydrogen-bond donors (Lipinski definition) is 2. The van der Waals surface area contributed by atoms with Crippen molar-refractivity contribution in [3.05, 3.63) is 5.01 Å². The molecule has 0 saturated heterocycles. The van der Waals surface area contributed by atoms with E-state index in [1.807, 2.05) is 20.8 Å². The van der Waals surface area contributed by atoms with Gasteiger partial charge in [-0.25, -0.2) is 4.79 Å². The molecule has 0 saturated carbocycles. The van der Waals surface area contributed by atoms with Gasteiger partial charge in [-0.1, -0.05) is 31.1 Å². The molecule has 0 unspecified atom stereocenters. The average Bonchev–Trinajstić information content (AvgIpc) is 2.63. The summed E-state index contributed by atoms with van der Waals surface area (Å²) in [7, 11) is 0. The van der Waals surface area contributed by atoms with Crippen LogP contribution in [0.25, 0.3) is 0 Å². The lowest BCUT2D eigenvalue weighted by molar-refractivity contribution is 0.244. The molecule has 0 aromatic carbocycles. The molecular formula is C12H22N4OS. The van der Waals surface area contributed by atoms with E-state index in [1.165, 1.54) is 24.2 Å². The zero-order valence-electron chi connectivity index (χ0n) is 11.5. The van der Waals surface area contributed by atoms with Crippen molar-refractivity contribution in [2.24, 2.45) is 0 Å². The maximum absolute atomic E-state index is 11.6. The second kappa shape index (κ2) is 6.68. The summed E-state index contributed by atoms with van der Waals surface area (Å²) in [6, 6.07) is -0.237. The number of hydrogen-bond acceptors (Lipinski definition) is 4. The molecule has 1 rings (SSSR count). The van der Waals surface area contributed by atoms with Gasteiger partial charge in [-0.2, -0.15) is 0 Å². The van der Waals surface area contributed by atoms with Crippen LogP contribution in [0.15, 0.2) is 0 Å². The van der Waals surface area contributed by atoms with E-state index >= 15 is 0 Å². The summed E-state index contributed by atoms with van der Waals surface area (Å²) in [6.07, 6.45) is 4.46. The first kappa shape index (κ1) is 14.9. The summed E-state index contributed by atoms with van der Waals surface area (Å²) in [5.41, 5.74) is -0.251. The Balaban J connectivity index is 2.41. The van der Waals surface area contributed by atoms with Crippen LogP contribution >= 0.6 is 11.3 Å². The van der Waals surface area contributed by atoms with Crippen LogP contribution in [-0.4, -0.2) is 21.8 Å². The SMILES string of the molecule is CCCCCc1nnc(NC(=O)NC(C)(C)C)s1. The fraction of sp³-hybridized carbons (Fsp3) is 0.750. The van der Waals surface area contributed by atoms with Crippen LogP contribution in [0.3, 0.4) is 0 Å². The fourth-order valence-corrected chi connectivity index (χ4v) is 2.18. The highest BCUT2D eigenvalue weighted by Gasteiger charge is 2.15. The Hall–Kier alpha value is -1.17. The molecule has 0 atom stereocenters. The van der Waals surface area contributed by atoms with Crippen LogP contribution in [-0.2, 0) is 6.42 Å². The molecule has 0 aliphatic carbocycles. The minimum absolute atomic E-state index is 0.237. The molecule has 102 valence electrons. The van der Waals surface area contributed by atoms with Crippen molar-refractivity contribution in [2.75, 3.05) is 5.32 Å². The monoisotopic (exact) mass is 270 g/mol. The van der Waals surface area contributed by atoms with Gasteiger partial charge in [0, 0.05) is 12.0 Å². The Morgan fingerprint density at radius 1 is 1.28 bits per heavy atom. The van der Waals surface area contributed by atoms with Crippen molar-refractivity contribution in [3.63, 3.8) is 0 Å². The van der Waals surface area contributed by atoms with Crippen molar-refractivity contribution in [1.82, 2.24) is 15.5 Å². The summed E-state index contributed by atoms with van der Waals surface area (Å²) in [4.78, 5) is 11.6. The van der Waals surface area contributed by atoms with E-state index in [-0.39, 0.29) is 11.6 Å². The molecule has 1 heterocycles. The maximum Gasteiger partial charge on any atom is 0.321 e. The van der Waals surface area contributed by atoms with E-state index in [0.717, 1.165) is 17.8 Å². The van der Waals surface area contributed by atoms with Crippen molar-refractivity contribution in [2.45, 2.75) is 58.9 Å². The normalized spacial score (nSPS) is 11.3. The van der Waals surface area contributed by atoms with Gasteiger partial charge in [-0.05, 0) is 27.2 Å². The molecule has 0 radical (unpaired) electrons. The number of nitrogens with one attached hydrogen (secondary N) is 2. The van der Waals surface area contributed by atoms with Crippen molar-refractivity contribution >= 4 is 22.5 Å². The summed E-state index contributed by atoms with van der Waals surface area (Å²) in [5, 5.41) is 15.1. The minimum atomic E-state index is -0.251. The third kappa shape index (κ3) is 5.95. The Kier molecular flexibility index (Phi) is 5.53. The number of rotatable bonds is 5. The van der Waals surface area contributed by atoms with Gasteiger partial charge in [0.2, 0.25) is 5.13 Å². The lowest BCUT2D eigenvalue weighted by Gasteiger charge is -2.19. The van der Waals surface area contributed by atoms with Gasteiger partial charge in [0.05, 0.1) is 0 Å². The first-order valence-corrected chi connectivity index (χ1v) is 7.14. The van der Waals surface area contributed by atoms with Crippen LogP contribution in [0.4, 0.5) is 9.93 Å². The zero-order chi connectivity index (χ0) is 13.6. The van der Waals surface area contributed by atoms with Gasteiger partial charge in [-0.3, -0.25) is 5.32 Å². The Bertz CT molecular complexity index is 384. The number of nitrogens with zero attached hydrogens (tertiary/aromatic N) is 2. The highest BCUT2D eigenvalue weighted by Crippen LogP contribution is 2.17. The number of carbonyl (C=O) groups excluding carboxylic acids is 1. The highest BCUT2D eigenvalue weighted by atomic mass is 32.1. The topological polar surface area (TPSA) is 66.9 Å². The van der Waals surface area contributed by atoms with E-state index in [0.29, 0.717) is 5.13 Å². The summed E-state index contributed by atoms with van der Waals surface area (Å²) < 4.78 is 0. The number of urea groups is 1. The molecule has 2 N–H and O–H groups in total. The largest absolute Gasteiger partial charge is 0.333 e. The summed E-state index contributed by atoms with van der Waals surface area (Å²) >= 11 is 1.44. The van der Waals surface area contributed by atoms with Crippen molar-refractivity contribution in [1.29, 1.82) is 0 Å². The molecule has 6 heteroatoms. The van der Waals surface area contributed by atoms with Crippen LogP contribution in [0.5, 0.6) is 0 Å². The number of carbonyl (C=O) groups is 1. The Morgan fingerprint density at radius 3 is 2.61 bits per heavy atom. The average molecular weight is 270 g/mol. The predicted octanol–water partition coefficient (Wildman–Crippen LogP) is 3.19. The number of anilines is 1. The van der Waals surface area contributed by atoms with Gasteiger partial charge in [0.25, 0.3) is 0 Å². The molecule has 0 bridgehead atoms. The Morgan fingerprint density at radius 2 is 2.00 bits per heavy atom. The van der Waals surface area contributed by atoms with Crippen LogP contribution < -0.4 is 10.6 Å². The first-order valence-electron chi connectivity index (χ1n) is 6.32. The van der Waals surface area contributed by atoms with Gasteiger partial charge in [0.15, 0.2) is 0 Å². The van der Waals surface area contributed by atoms with Crippen LogP contribution in [0.2, 0.25) is 0 Å². The zero-order valence-corrected chi connectivity index (χ0v) is 12.4. The lowest BCUT2D eigenvalue weighted by atomic mass is 10.1. The van der Waals surface area contributed by atoms with Gasteiger partial charge >= 0.3 is 6.03 Å². The van der Waals surface area contributed by atoms with E-state index in [1.54, 1.807) is 0 Å². The molecule has 1 aromatic rings. The summed E-state index contributed by atoms with van der Waals surface area (Å²) in [6.45, 7) is 7.97. The Labute approximate surface area is 112 Å². The molecule has 18 heavy (non-hydrogen) atoms. The van der Waals surface area contributed by atoms with Gasteiger partial charge in [0.1, 0.15) is 5.01 Å².